The first-order valence-electron chi connectivity index (χ1n) is 1.90. The van der Waals surface area contributed by atoms with Crippen LogP contribution in [0.25, 0.3) is 0 Å². The minimum absolute atomic E-state index is 0. The van der Waals surface area contributed by atoms with Crippen molar-refractivity contribution >= 4 is 12.4 Å². The molecule has 0 rings (SSSR count). The van der Waals surface area contributed by atoms with Crippen molar-refractivity contribution in [2.24, 2.45) is 5.73 Å². The summed E-state index contributed by atoms with van der Waals surface area (Å²) in [6.45, 7) is 1.81. The van der Waals surface area contributed by atoms with Crippen molar-refractivity contribution in [2.45, 2.75) is 19.4 Å². The summed E-state index contributed by atoms with van der Waals surface area (Å²) in [6, 6.07) is 1.98. The Labute approximate surface area is 49.7 Å². The molecule has 2 nitrogen and oxygen atoms in total. The number of hydrogen-bond donors (Lipinski definition) is 1. The van der Waals surface area contributed by atoms with Gasteiger partial charge in [-0.15, -0.1) is 12.4 Å². The number of nitrogens with zero attached hydrogens (tertiary/aromatic N) is 1. The molecule has 0 aromatic heterocycles. The van der Waals surface area contributed by atoms with Crippen LogP contribution in [-0.4, -0.2) is 6.04 Å². The van der Waals surface area contributed by atoms with E-state index in [9.17, 15) is 0 Å². The predicted octanol–water partition coefficient (Wildman–Crippen LogP) is 0.669. The van der Waals surface area contributed by atoms with Crippen LogP contribution in [0.15, 0.2) is 0 Å². The summed E-state index contributed by atoms with van der Waals surface area (Å²) in [7, 11) is 0. The van der Waals surface area contributed by atoms with Gasteiger partial charge in [-0.3, -0.25) is 0 Å². The van der Waals surface area contributed by atoms with E-state index in [4.69, 9.17) is 11.0 Å². The topological polar surface area (TPSA) is 49.8 Å². The van der Waals surface area contributed by atoms with Gasteiger partial charge in [0.25, 0.3) is 0 Å². The van der Waals surface area contributed by atoms with Crippen molar-refractivity contribution in [3.05, 3.63) is 0 Å². The SMILES string of the molecule is CC(N)CC#N.Cl. The third-order valence-corrected chi connectivity index (χ3v) is 0.413. The lowest BCUT2D eigenvalue weighted by molar-refractivity contribution is 0.765. The highest BCUT2D eigenvalue weighted by atomic mass is 35.5. The molecule has 0 aliphatic carbocycles. The van der Waals surface area contributed by atoms with E-state index in [0.29, 0.717) is 6.42 Å². The molecular weight excluding hydrogens is 112 g/mol. The third kappa shape index (κ3) is 10.7. The van der Waals surface area contributed by atoms with Gasteiger partial charge in [0.2, 0.25) is 0 Å². The molecular formula is C4H9ClN2. The van der Waals surface area contributed by atoms with Crippen molar-refractivity contribution in [3.63, 3.8) is 0 Å². The largest absolute Gasteiger partial charge is 0.327 e. The minimum Gasteiger partial charge on any atom is -0.327 e. The third-order valence-electron chi connectivity index (χ3n) is 0.413. The first-order chi connectivity index (χ1) is 2.77. The first kappa shape index (κ1) is 9.88. The van der Waals surface area contributed by atoms with Gasteiger partial charge in [-0.1, -0.05) is 0 Å². The molecule has 42 valence electrons. The maximum Gasteiger partial charge on any atom is 0.0637 e. The lowest BCUT2D eigenvalue weighted by Crippen LogP contribution is -2.12. The van der Waals surface area contributed by atoms with Gasteiger partial charge in [0, 0.05) is 12.5 Å². The van der Waals surface area contributed by atoms with Crippen LogP contribution in [-0.2, 0) is 0 Å². The second-order valence-corrected chi connectivity index (χ2v) is 1.34. The molecule has 0 aromatic carbocycles. The monoisotopic (exact) mass is 120 g/mol. The van der Waals surface area contributed by atoms with Gasteiger partial charge in [0.15, 0.2) is 0 Å². The molecule has 0 amide bonds. The summed E-state index contributed by atoms with van der Waals surface area (Å²) >= 11 is 0. The smallest absolute Gasteiger partial charge is 0.0637 e. The summed E-state index contributed by atoms with van der Waals surface area (Å²) in [5.74, 6) is 0. The van der Waals surface area contributed by atoms with E-state index in [-0.39, 0.29) is 18.4 Å². The Bertz CT molecular complexity index is 64.6. The molecule has 0 spiro atoms. The van der Waals surface area contributed by atoms with Gasteiger partial charge in [-0.2, -0.15) is 5.26 Å². The number of nitrogens with two attached hydrogens (primary N) is 1. The van der Waals surface area contributed by atoms with Crippen LogP contribution in [0.3, 0.4) is 0 Å². The fraction of sp³-hybridized carbons (Fsp3) is 0.750. The zero-order valence-electron chi connectivity index (χ0n) is 4.22. The molecule has 0 aliphatic heterocycles. The van der Waals surface area contributed by atoms with Crippen LogP contribution in [0.5, 0.6) is 0 Å². The van der Waals surface area contributed by atoms with E-state index in [0.717, 1.165) is 0 Å². The lowest BCUT2D eigenvalue weighted by atomic mass is 10.3. The van der Waals surface area contributed by atoms with Gasteiger partial charge in [0.1, 0.15) is 0 Å². The van der Waals surface area contributed by atoms with Gasteiger partial charge in [0.05, 0.1) is 6.07 Å². The Morgan fingerprint density at radius 2 is 2.29 bits per heavy atom. The van der Waals surface area contributed by atoms with Crippen LogP contribution in [0.1, 0.15) is 13.3 Å². The molecule has 0 heterocycles. The summed E-state index contributed by atoms with van der Waals surface area (Å²) in [5, 5.41) is 7.91. The first-order valence-corrected chi connectivity index (χ1v) is 1.90. The molecule has 2 N–H and O–H groups in total. The summed E-state index contributed by atoms with van der Waals surface area (Å²) < 4.78 is 0. The number of hydrogen-bond acceptors (Lipinski definition) is 2. The van der Waals surface area contributed by atoms with Gasteiger partial charge in [-0.05, 0) is 6.92 Å². The fourth-order valence-electron chi connectivity index (χ4n) is 0.144. The van der Waals surface area contributed by atoms with Crippen molar-refractivity contribution < 1.29 is 0 Å². The van der Waals surface area contributed by atoms with Gasteiger partial charge >= 0.3 is 0 Å². The Hall–Kier alpha value is -0.260. The van der Waals surface area contributed by atoms with Gasteiger partial charge < -0.3 is 5.73 Å². The van der Waals surface area contributed by atoms with Crippen LogP contribution < -0.4 is 5.73 Å². The Balaban J connectivity index is 0. The fourth-order valence-corrected chi connectivity index (χ4v) is 0.144. The Kier molecular flexibility index (Phi) is 8.10. The molecule has 0 bridgehead atoms. The molecule has 0 radical (unpaired) electrons. The predicted molar refractivity (Wildman–Crippen MR) is 31.1 cm³/mol. The summed E-state index contributed by atoms with van der Waals surface area (Å²) in [5.41, 5.74) is 5.18. The highest BCUT2D eigenvalue weighted by molar-refractivity contribution is 5.85. The molecule has 0 aromatic rings. The summed E-state index contributed by atoms with van der Waals surface area (Å²) in [6.07, 6.45) is 0.458. The highest BCUT2D eigenvalue weighted by Crippen LogP contribution is 1.77. The molecule has 1 unspecified atom stereocenters. The minimum atomic E-state index is 0. The van der Waals surface area contributed by atoms with E-state index < -0.39 is 0 Å². The van der Waals surface area contributed by atoms with E-state index in [1.807, 2.05) is 13.0 Å². The Morgan fingerprint density at radius 1 is 1.86 bits per heavy atom. The van der Waals surface area contributed by atoms with Crippen molar-refractivity contribution in [3.8, 4) is 6.07 Å². The average Bonchev–Trinajstić information content (AvgIpc) is 1.35. The maximum absolute atomic E-state index is 7.91. The van der Waals surface area contributed by atoms with E-state index >= 15 is 0 Å². The molecule has 3 heteroatoms. The van der Waals surface area contributed by atoms with E-state index in [1.165, 1.54) is 0 Å². The Morgan fingerprint density at radius 3 is 2.29 bits per heavy atom. The second kappa shape index (κ2) is 5.74. The van der Waals surface area contributed by atoms with Crippen LogP contribution in [0.4, 0.5) is 0 Å². The van der Waals surface area contributed by atoms with Crippen LogP contribution in [0, 0.1) is 11.3 Å². The molecule has 0 saturated carbocycles. The second-order valence-electron chi connectivity index (χ2n) is 1.34. The number of rotatable bonds is 1. The lowest BCUT2D eigenvalue weighted by Gasteiger charge is -1.89. The number of nitriles is 1. The average molecular weight is 121 g/mol. The zero-order valence-corrected chi connectivity index (χ0v) is 5.03. The molecule has 0 aliphatic rings. The van der Waals surface area contributed by atoms with E-state index in [2.05, 4.69) is 0 Å². The van der Waals surface area contributed by atoms with E-state index in [1.54, 1.807) is 0 Å². The molecule has 1 atom stereocenters. The zero-order chi connectivity index (χ0) is 4.99. The molecule has 7 heavy (non-hydrogen) atoms. The van der Waals surface area contributed by atoms with Crippen molar-refractivity contribution in [1.82, 2.24) is 0 Å². The van der Waals surface area contributed by atoms with Crippen molar-refractivity contribution in [1.29, 1.82) is 5.26 Å². The maximum atomic E-state index is 7.91. The van der Waals surface area contributed by atoms with Crippen LogP contribution >= 0.6 is 12.4 Å². The number of halogens is 1. The van der Waals surface area contributed by atoms with Gasteiger partial charge in [-0.25, -0.2) is 0 Å². The normalized spacial score (nSPS) is 11.0. The van der Waals surface area contributed by atoms with Crippen LogP contribution in [0.2, 0.25) is 0 Å². The summed E-state index contributed by atoms with van der Waals surface area (Å²) in [4.78, 5) is 0. The highest BCUT2D eigenvalue weighted by Gasteiger charge is 1.85. The standard InChI is InChI=1S/C4H8N2.ClH/c1-4(6)2-3-5;/h4H,2,6H2,1H3;1H. The quantitative estimate of drug-likeness (QED) is 0.553. The molecule has 0 fully saturated rings. The molecule has 0 saturated heterocycles. The van der Waals surface area contributed by atoms with Crippen molar-refractivity contribution in [2.75, 3.05) is 0 Å².